The van der Waals surface area contributed by atoms with Crippen LogP contribution in [0.4, 0.5) is 0 Å². The predicted octanol–water partition coefficient (Wildman–Crippen LogP) is 0.0634. The van der Waals surface area contributed by atoms with E-state index in [9.17, 15) is 8.42 Å². The molecule has 1 aliphatic heterocycles. The fourth-order valence-electron chi connectivity index (χ4n) is 2.31. The van der Waals surface area contributed by atoms with Crippen LogP contribution in [0.15, 0.2) is 17.3 Å². The fraction of sp³-hybridized carbons (Fsp3) is 0.750. The van der Waals surface area contributed by atoms with Crippen LogP contribution in [0.2, 0.25) is 0 Å². The van der Waals surface area contributed by atoms with E-state index < -0.39 is 10.0 Å². The molecule has 1 saturated heterocycles. The number of aliphatic hydroxyl groups is 1. The summed E-state index contributed by atoms with van der Waals surface area (Å²) in [5.74, 6) is 0. The first-order valence-electron chi connectivity index (χ1n) is 6.72. The van der Waals surface area contributed by atoms with Gasteiger partial charge in [0.1, 0.15) is 4.90 Å². The molecule has 0 aromatic carbocycles. The Labute approximate surface area is 119 Å². The van der Waals surface area contributed by atoms with Crippen LogP contribution in [-0.2, 0) is 21.3 Å². The Morgan fingerprint density at radius 3 is 2.65 bits per heavy atom. The molecule has 0 amide bonds. The van der Waals surface area contributed by atoms with Crippen LogP contribution in [0.3, 0.4) is 0 Å². The number of rotatable bonds is 5. The van der Waals surface area contributed by atoms with Crippen LogP contribution in [-0.4, -0.2) is 59.5 Å². The van der Waals surface area contributed by atoms with Gasteiger partial charge in [-0.2, -0.15) is 9.40 Å². The van der Waals surface area contributed by atoms with Gasteiger partial charge in [0.05, 0.1) is 18.4 Å². The van der Waals surface area contributed by atoms with Crippen molar-refractivity contribution < 1.29 is 18.3 Å². The average molecular weight is 303 g/mol. The molecule has 1 fully saturated rings. The maximum absolute atomic E-state index is 12.5. The number of ether oxygens (including phenoxy) is 1. The Balaban J connectivity index is 2.15. The van der Waals surface area contributed by atoms with Gasteiger partial charge < -0.3 is 9.84 Å². The minimum absolute atomic E-state index is 0.0560. The topological polar surface area (TPSA) is 84.7 Å². The van der Waals surface area contributed by atoms with Gasteiger partial charge in [0.25, 0.3) is 0 Å². The average Bonchev–Trinajstić information content (AvgIpc) is 2.84. The SMILES string of the molecule is CC1CN(S(=O)(=O)c2cnn(CCCO)c2)CC(C)O1. The summed E-state index contributed by atoms with van der Waals surface area (Å²) in [6, 6.07) is 0. The molecule has 2 unspecified atom stereocenters. The van der Waals surface area contributed by atoms with E-state index in [4.69, 9.17) is 9.84 Å². The van der Waals surface area contributed by atoms with Gasteiger partial charge in [0, 0.05) is 32.4 Å². The molecule has 0 radical (unpaired) electrons. The van der Waals surface area contributed by atoms with Crippen LogP contribution in [0.1, 0.15) is 20.3 Å². The minimum atomic E-state index is -3.52. The standard InChI is InChI=1S/C12H21N3O4S/c1-10-7-15(8-11(2)19-10)20(17,18)12-6-13-14(9-12)4-3-5-16/h6,9-11,16H,3-5,7-8H2,1-2H3. The number of sulfonamides is 1. The van der Waals surface area contributed by atoms with Crippen LogP contribution < -0.4 is 0 Å². The second-order valence-electron chi connectivity index (χ2n) is 5.10. The van der Waals surface area contributed by atoms with Crippen LogP contribution in [0.25, 0.3) is 0 Å². The first-order chi connectivity index (χ1) is 9.43. The van der Waals surface area contributed by atoms with E-state index in [2.05, 4.69) is 5.10 Å². The first-order valence-corrected chi connectivity index (χ1v) is 8.16. The Morgan fingerprint density at radius 2 is 2.05 bits per heavy atom. The molecule has 7 nitrogen and oxygen atoms in total. The van der Waals surface area contributed by atoms with Crippen molar-refractivity contribution in [3.05, 3.63) is 12.4 Å². The molecule has 2 atom stereocenters. The molecule has 2 rings (SSSR count). The second kappa shape index (κ2) is 6.21. The molecular weight excluding hydrogens is 282 g/mol. The number of aromatic nitrogens is 2. The minimum Gasteiger partial charge on any atom is -0.396 e. The molecule has 8 heteroatoms. The molecule has 1 aliphatic rings. The number of morpholine rings is 1. The van der Waals surface area contributed by atoms with E-state index in [0.29, 0.717) is 26.1 Å². The summed E-state index contributed by atoms with van der Waals surface area (Å²) in [6.07, 6.45) is 3.19. The molecule has 1 aromatic heterocycles. The van der Waals surface area contributed by atoms with E-state index in [0.717, 1.165) is 0 Å². The molecule has 114 valence electrons. The van der Waals surface area contributed by atoms with Gasteiger partial charge in [0.15, 0.2) is 0 Å². The highest BCUT2D eigenvalue weighted by Crippen LogP contribution is 2.20. The summed E-state index contributed by atoms with van der Waals surface area (Å²) in [7, 11) is -3.52. The highest BCUT2D eigenvalue weighted by atomic mass is 32.2. The van der Waals surface area contributed by atoms with Gasteiger partial charge in [-0.3, -0.25) is 4.68 Å². The largest absolute Gasteiger partial charge is 0.396 e. The lowest BCUT2D eigenvalue weighted by atomic mass is 10.3. The van der Waals surface area contributed by atoms with Crippen LogP contribution in [0, 0.1) is 0 Å². The number of hydrogen-bond donors (Lipinski definition) is 1. The molecule has 0 bridgehead atoms. The Kier molecular flexibility index (Phi) is 4.79. The van der Waals surface area contributed by atoms with Crippen molar-refractivity contribution in [2.75, 3.05) is 19.7 Å². The lowest BCUT2D eigenvalue weighted by molar-refractivity contribution is -0.0440. The first kappa shape index (κ1) is 15.4. The third-order valence-electron chi connectivity index (χ3n) is 3.18. The number of aryl methyl sites for hydroxylation is 1. The van der Waals surface area contributed by atoms with Gasteiger partial charge in [-0.25, -0.2) is 8.42 Å². The summed E-state index contributed by atoms with van der Waals surface area (Å²) < 4.78 is 33.6. The van der Waals surface area contributed by atoms with Gasteiger partial charge >= 0.3 is 0 Å². The van der Waals surface area contributed by atoms with Crippen LogP contribution >= 0.6 is 0 Å². The molecule has 2 heterocycles. The Morgan fingerprint density at radius 1 is 1.40 bits per heavy atom. The van der Waals surface area contributed by atoms with Crippen molar-refractivity contribution in [3.63, 3.8) is 0 Å². The zero-order valence-electron chi connectivity index (χ0n) is 11.8. The van der Waals surface area contributed by atoms with Gasteiger partial charge in [-0.1, -0.05) is 0 Å². The van der Waals surface area contributed by atoms with Gasteiger partial charge in [0.2, 0.25) is 10.0 Å². The highest BCUT2D eigenvalue weighted by molar-refractivity contribution is 7.89. The monoisotopic (exact) mass is 303 g/mol. The molecule has 0 aliphatic carbocycles. The van der Waals surface area contributed by atoms with Crippen LogP contribution in [0.5, 0.6) is 0 Å². The normalized spacial score (nSPS) is 24.9. The molecule has 1 aromatic rings. The lowest BCUT2D eigenvalue weighted by Gasteiger charge is -2.34. The second-order valence-corrected chi connectivity index (χ2v) is 7.03. The number of nitrogens with zero attached hydrogens (tertiary/aromatic N) is 3. The summed E-state index contributed by atoms with van der Waals surface area (Å²) in [6.45, 7) is 5.00. The van der Waals surface area contributed by atoms with E-state index in [1.807, 2.05) is 13.8 Å². The van der Waals surface area contributed by atoms with E-state index >= 15 is 0 Å². The maximum Gasteiger partial charge on any atom is 0.246 e. The van der Waals surface area contributed by atoms with Crippen molar-refractivity contribution in [3.8, 4) is 0 Å². The smallest absolute Gasteiger partial charge is 0.246 e. The summed E-state index contributed by atoms with van der Waals surface area (Å²) in [5, 5.41) is 12.8. The summed E-state index contributed by atoms with van der Waals surface area (Å²) in [4.78, 5) is 0.191. The number of aliphatic hydroxyl groups excluding tert-OH is 1. The summed E-state index contributed by atoms with van der Waals surface area (Å²) >= 11 is 0. The number of hydrogen-bond acceptors (Lipinski definition) is 5. The Hall–Kier alpha value is -0.960. The maximum atomic E-state index is 12.5. The molecular formula is C12H21N3O4S. The third-order valence-corrected chi connectivity index (χ3v) is 4.96. The Bertz CT molecular complexity index is 533. The summed E-state index contributed by atoms with van der Waals surface area (Å²) in [5.41, 5.74) is 0. The van der Waals surface area contributed by atoms with Gasteiger partial charge in [-0.15, -0.1) is 0 Å². The zero-order valence-corrected chi connectivity index (χ0v) is 12.6. The van der Waals surface area contributed by atoms with Crippen molar-refractivity contribution in [2.24, 2.45) is 0 Å². The predicted molar refractivity (Wildman–Crippen MR) is 72.7 cm³/mol. The molecule has 0 spiro atoms. The third kappa shape index (κ3) is 3.38. The van der Waals surface area contributed by atoms with Crippen molar-refractivity contribution >= 4 is 10.0 Å². The van der Waals surface area contributed by atoms with E-state index in [1.54, 1.807) is 0 Å². The molecule has 20 heavy (non-hydrogen) atoms. The van der Waals surface area contributed by atoms with Crippen molar-refractivity contribution in [1.82, 2.24) is 14.1 Å². The molecule has 0 saturated carbocycles. The van der Waals surface area contributed by atoms with Crippen molar-refractivity contribution in [2.45, 2.75) is 43.9 Å². The zero-order chi connectivity index (χ0) is 14.8. The fourth-order valence-corrected chi connectivity index (χ4v) is 3.85. The highest BCUT2D eigenvalue weighted by Gasteiger charge is 2.32. The van der Waals surface area contributed by atoms with E-state index in [-0.39, 0.29) is 23.7 Å². The van der Waals surface area contributed by atoms with Gasteiger partial charge in [-0.05, 0) is 20.3 Å². The quantitative estimate of drug-likeness (QED) is 0.831. The van der Waals surface area contributed by atoms with E-state index in [1.165, 1.54) is 21.4 Å². The lowest BCUT2D eigenvalue weighted by Crippen LogP contribution is -2.48. The van der Waals surface area contributed by atoms with Crippen molar-refractivity contribution in [1.29, 1.82) is 0 Å². The molecule has 1 N–H and O–H groups in total.